The molecule has 2 aromatic carbocycles. The van der Waals surface area contributed by atoms with Crippen molar-refractivity contribution < 1.29 is 23.1 Å². The molecule has 41 heavy (non-hydrogen) atoms. The number of hydrogen-bond acceptors (Lipinski definition) is 6. The molecule has 4 rings (SSSR count). The SMILES string of the molecule is CCCn1cc(CCC[C@H](c2ccc(C)c(CN3CC(C)(C)Oc4ccccc4S3(=O)=O)c2)C(C)(C)C(=O)O)nn1. The molecule has 1 aliphatic rings. The quantitative estimate of drug-likeness (QED) is 0.314. The van der Waals surface area contributed by atoms with Gasteiger partial charge in [0.1, 0.15) is 16.2 Å². The van der Waals surface area contributed by atoms with E-state index in [0.717, 1.165) is 41.8 Å². The van der Waals surface area contributed by atoms with Crippen LogP contribution in [-0.2, 0) is 34.3 Å². The van der Waals surface area contributed by atoms with E-state index in [2.05, 4.69) is 17.2 Å². The zero-order valence-corrected chi connectivity index (χ0v) is 25.7. The number of carboxylic acids is 1. The van der Waals surface area contributed by atoms with Crippen LogP contribution in [0.1, 0.15) is 82.2 Å². The van der Waals surface area contributed by atoms with Crippen molar-refractivity contribution >= 4 is 16.0 Å². The minimum Gasteiger partial charge on any atom is -0.485 e. The first kappa shape index (κ1) is 30.7. The molecule has 1 aromatic heterocycles. The Morgan fingerprint density at radius 2 is 1.93 bits per heavy atom. The number of fused-ring (bicyclic) bond motifs is 1. The molecule has 1 N–H and O–H groups in total. The van der Waals surface area contributed by atoms with E-state index in [0.29, 0.717) is 18.6 Å². The highest BCUT2D eigenvalue weighted by Gasteiger charge is 2.40. The number of carbonyl (C=O) groups is 1. The van der Waals surface area contributed by atoms with Crippen LogP contribution in [0, 0.1) is 12.3 Å². The Kier molecular flexibility index (Phi) is 8.94. The van der Waals surface area contributed by atoms with Gasteiger partial charge in [-0.15, -0.1) is 5.10 Å². The summed E-state index contributed by atoms with van der Waals surface area (Å²) in [7, 11) is -3.83. The predicted molar refractivity (Wildman–Crippen MR) is 157 cm³/mol. The molecule has 0 fully saturated rings. The van der Waals surface area contributed by atoms with Gasteiger partial charge in [0.15, 0.2) is 0 Å². The summed E-state index contributed by atoms with van der Waals surface area (Å²) in [6.07, 6.45) is 5.02. The van der Waals surface area contributed by atoms with E-state index in [1.807, 2.05) is 49.8 Å². The third-order valence-corrected chi connectivity index (χ3v) is 9.75. The first-order chi connectivity index (χ1) is 19.2. The lowest BCUT2D eigenvalue weighted by molar-refractivity contribution is -0.148. The topological polar surface area (TPSA) is 115 Å². The second-order valence-corrected chi connectivity index (χ2v) is 14.1. The zero-order valence-electron chi connectivity index (χ0n) is 24.9. The number of carboxylic acid groups (broad SMARTS) is 1. The molecule has 0 bridgehead atoms. The van der Waals surface area contributed by atoms with Gasteiger partial charge in [-0.3, -0.25) is 9.48 Å². The Morgan fingerprint density at radius 3 is 2.63 bits per heavy atom. The maximum atomic E-state index is 13.8. The average molecular weight is 583 g/mol. The number of nitrogens with zero attached hydrogens (tertiary/aromatic N) is 4. The van der Waals surface area contributed by atoms with Gasteiger partial charge in [0, 0.05) is 19.3 Å². The normalized spacial score (nSPS) is 17.3. The molecule has 0 radical (unpaired) electrons. The van der Waals surface area contributed by atoms with Crippen molar-refractivity contribution in [3.63, 3.8) is 0 Å². The Bertz CT molecular complexity index is 1500. The van der Waals surface area contributed by atoms with Gasteiger partial charge in [0.05, 0.1) is 17.7 Å². The van der Waals surface area contributed by atoms with Gasteiger partial charge in [-0.25, -0.2) is 8.42 Å². The highest BCUT2D eigenvalue weighted by molar-refractivity contribution is 7.89. The first-order valence-corrected chi connectivity index (χ1v) is 15.7. The van der Waals surface area contributed by atoms with Crippen molar-refractivity contribution in [3.05, 3.63) is 71.0 Å². The second kappa shape index (κ2) is 11.9. The van der Waals surface area contributed by atoms with Crippen LogP contribution < -0.4 is 4.74 Å². The largest absolute Gasteiger partial charge is 0.485 e. The van der Waals surface area contributed by atoms with Gasteiger partial charge in [-0.2, -0.15) is 4.31 Å². The number of ether oxygens (including phenoxy) is 1. The van der Waals surface area contributed by atoms with Crippen LogP contribution in [0.15, 0.2) is 53.6 Å². The number of para-hydroxylation sites is 1. The minimum absolute atomic E-state index is 0.153. The summed E-state index contributed by atoms with van der Waals surface area (Å²) in [6, 6.07) is 12.7. The summed E-state index contributed by atoms with van der Waals surface area (Å²) in [5.74, 6) is -0.807. The molecule has 0 saturated heterocycles. The van der Waals surface area contributed by atoms with E-state index in [1.54, 1.807) is 38.1 Å². The predicted octanol–water partition coefficient (Wildman–Crippen LogP) is 5.58. The fraction of sp³-hybridized carbons (Fsp3) is 0.516. The van der Waals surface area contributed by atoms with Gasteiger partial charge >= 0.3 is 5.97 Å². The average Bonchev–Trinajstić information content (AvgIpc) is 3.32. The Labute approximate surface area is 243 Å². The molecule has 0 aliphatic carbocycles. The van der Waals surface area contributed by atoms with Gasteiger partial charge in [0.25, 0.3) is 0 Å². The Morgan fingerprint density at radius 1 is 1.20 bits per heavy atom. The molecule has 3 aromatic rings. The van der Waals surface area contributed by atoms with Crippen LogP contribution in [0.3, 0.4) is 0 Å². The minimum atomic E-state index is -3.83. The van der Waals surface area contributed by atoms with Crippen molar-refractivity contribution in [2.45, 2.75) is 96.7 Å². The summed E-state index contributed by atoms with van der Waals surface area (Å²) < 4.78 is 37.0. The number of rotatable bonds is 11. The maximum Gasteiger partial charge on any atom is 0.309 e. The van der Waals surface area contributed by atoms with Crippen molar-refractivity contribution in [1.29, 1.82) is 0 Å². The fourth-order valence-electron chi connectivity index (χ4n) is 5.51. The summed E-state index contributed by atoms with van der Waals surface area (Å²) in [5.41, 5.74) is 1.80. The molecule has 0 saturated carbocycles. The lowest BCUT2D eigenvalue weighted by atomic mass is 9.72. The molecule has 1 atom stereocenters. The van der Waals surface area contributed by atoms with E-state index < -0.39 is 27.0 Å². The molecule has 222 valence electrons. The maximum absolute atomic E-state index is 13.8. The van der Waals surface area contributed by atoms with Crippen LogP contribution >= 0.6 is 0 Å². The van der Waals surface area contributed by atoms with Gasteiger partial charge < -0.3 is 9.84 Å². The molecular formula is C31H42N4O5S. The molecule has 0 amide bonds. The van der Waals surface area contributed by atoms with E-state index in [4.69, 9.17) is 4.74 Å². The van der Waals surface area contributed by atoms with E-state index in [9.17, 15) is 18.3 Å². The smallest absolute Gasteiger partial charge is 0.309 e. The van der Waals surface area contributed by atoms with E-state index >= 15 is 0 Å². The summed E-state index contributed by atoms with van der Waals surface area (Å²) in [6.45, 7) is 12.5. The standard InChI is InChI=1S/C31H42N4O5S/c1-7-17-34-20-25(32-33-34)11-10-12-26(31(5,6)29(36)37)23-16-15-22(2)24(18-23)19-35-21-30(3,4)40-27-13-8-9-14-28(27)41(35,38)39/h8-9,13-16,18,20,26H,7,10-12,17,19,21H2,1-6H3,(H,36,37)/t26-/m1/s1. The number of aryl methyl sites for hydroxylation is 3. The molecule has 0 spiro atoms. The summed E-state index contributed by atoms with van der Waals surface area (Å²) >= 11 is 0. The van der Waals surface area contributed by atoms with Crippen LogP contribution in [0.4, 0.5) is 0 Å². The highest BCUT2D eigenvalue weighted by atomic mass is 32.2. The zero-order chi connectivity index (χ0) is 30.0. The van der Waals surface area contributed by atoms with Crippen molar-refractivity contribution in [1.82, 2.24) is 19.3 Å². The summed E-state index contributed by atoms with van der Waals surface area (Å²) in [4.78, 5) is 12.6. The van der Waals surface area contributed by atoms with Crippen LogP contribution in [0.25, 0.3) is 0 Å². The van der Waals surface area contributed by atoms with Gasteiger partial charge in [0.2, 0.25) is 10.0 Å². The Hall–Kier alpha value is -3.24. The lowest BCUT2D eigenvalue weighted by Gasteiger charge is -2.32. The monoisotopic (exact) mass is 582 g/mol. The third-order valence-electron chi connectivity index (χ3n) is 7.92. The number of sulfonamides is 1. The Balaban J connectivity index is 1.63. The first-order valence-electron chi connectivity index (χ1n) is 14.2. The van der Waals surface area contributed by atoms with Crippen molar-refractivity contribution in [2.24, 2.45) is 5.41 Å². The van der Waals surface area contributed by atoms with Crippen LogP contribution in [0.5, 0.6) is 5.75 Å². The van der Waals surface area contributed by atoms with Gasteiger partial charge in [-0.05, 0) is 95.0 Å². The molecule has 9 nitrogen and oxygen atoms in total. The van der Waals surface area contributed by atoms with E-state index in [-0.39, 0.29) is 23.9 Å². The van der Waals surface area contributed by atoms with Crippen molar-refractivity contribution in [2.75, 3.05) is 6.54 Å². The second-order valence-electron chi connectivity index (χ2n) is 12.2. The fourth-order valence-corrected chi connectivity index (χ4v) is 7.19. The van der Waals surface area contributed by atoms with E-state index in [1.165, 1.54) is 4.31 Å². The number of aliphatic carboxylic acids is 1. The summed E-state index contributed by atoms with van der Waals surface area (Å²) in [5, 5.41) is 18.6. The van der Waals surface area contributed by atoms with Crippen LogP contribution in [-0.4, -0.2) is 50.9 Å². The lowest BCUT2D eigenvalue weighted by Crippen LogP contribution is -2.42. The number of benzene rings is 2. The third kappa shape index (κ3) is 6.81. The van der Waals surface area contributed by atoms with Crippen molar-refractivity contribution in [3.8, 4) is 5.75 Å². The number of aromatic nitrogens is 3. The molecular weight excluding hydrogens is 540 g/mol. The molecule has 0 unspecified atom stereocenters. The highest BCUT2D eigenvalue weighted by Crippen LogP contribution is 2.41. The molecule has 1 aliphatic heterocycles. The van der Waals surface area contributed by atoms with Gasteiger partial charge in [-0.1, -0.05) is 42.5 Å². The van der Waals surface area contributed by atoms with Crippen LogP contribution in [0.2, 0.25) is 0 Å². The molecule has 10 heteroatoms. The number of hydrogen-bond donors (Lipinski definition) is 1. The molecule has 2 heterocycles.